The van der Waals surface area contributed by atoms with E-state index < -0.39 is 11.7 Å². The van der Waals surface area contributed by atoms with E-state index in [1.165, 1.54) is 7.11 Å². The maximum absolute atomic E-state index is 13.4. The first kappa shape index (κ1) is 24.3. The van der Waals surface area contributed by atoms with Crippen molar-refractivity contribution in [3.8, 4) is 17.0 Å². The SMILES string of the molecule is COCOc1cc(C(F)(F)F)cc(C)c1-c1cc2c(nn1)N([C@@H]1CCCN(C3CCOC3)C1)CC2. The molecular formula is C25H31F3N4O3. The number of aromatic nitrogens is 2. The molecule has 2 saturated heterocycles. The van der Waals surface area contributed by atoms with E-state index in [0.29, 0.717) is 28.9 Å². The summed E-state index contributed by atoms with van der Waals surface area (Å²) in [5, 5.41) is 9.03. The van der Waals surface area contributed by atoms with Gasteiger partial charge in [0.1, 0.15) is 5.75 Å². The summed E-state index contributed by atoms with van der Waals surface area (Å²) in [6.07, 6.45) is -0.304. The minimum atomic E-state index is -4.48. The van der Waals surface area contributed by atoms with E-state index in [9.17, 15) is 13.2 Å². The van der Waals surface area contributed by atoms with E-state index in [-0.39, 0.29) is 12.5 Å². The van der Waals surface area contributed by atoms with E-state index in [4.69, 9.17) is 14.2 Å². The Hall–Kier alpha value is -2.43. The topological polar surface area (TPSA) is 60.0 Å². The lowest BCUT2D eigenvalue weighted by Gasteiger charge is -2.40. The first-order valence-electron chi connectivity index (χ1n) is 12.1. The maximum atomic E-state index is 13.4. The van der Waals surface area contributed by atoms with Crippen molar-refractivity contribution in [2.75, 3.05) is 51.7 Å². The largest absolute Gasteiger partial charge is 0.467 e. The number of piperidine rings is 1. The molecule has 7 nitrogen and oxygen atoms in total. The number of aryl methyl sites for hydroxylation is 1. The summed E-state index contributed by atoms with van der Waals surface area (Å²) in [7, 11) is 1.43. The molecule has 5 rings (SSSR count). The van der Waals surface area contributed by atoms with E-state index in [1.807, 2.05) is 6.07 Å². The van der Waals surface area contributed by atoms with Gasteiger partial charge in [0.2, 0.25) is 0 Å². The van der Waals surface area contributed by atoms with Crippen LogP contribution in [0, 0.1) is 6.92 Å². The van der Waals surface area contributed by atoms with Crippen LogP contribution in [-0.2, 0) is 22.1 Å². The van der Waals surface area contributed by atoms with Gasteiger partial charge in [0.25, 0.3) is 0 Å². The number of fused-ring (bicyclic) bond motifs is 1. The van der Waals surface area contributed by atoms with E-state index in [2.05, 4.69) is 20.0 Å². The molecule has 1 aromatic carbocycles. The molecule has 2 aromatic rings. The number of alkyl halides is 3. The minimum absolute atomic E-state index is 0.0879. The molecule has 2 fully saturated rings. The minimum Gasteiger partial charge on any atom is -0.467 e. The zero-order chi connectivity index (χ0) is 24.6. The Balaban J connectivity index is 1.41. The number of rotatable bonds is 6. The number of anilines is 1. The van der Waals surface area contributed by atoms with Gasteiger partial charge in [-0.05, 0) is 62.9 Å². The molecule has 1 unspecified atom stereocenters. The van der Waals surface area contributed by atoms with Crippen LogP contribution >= 0.6 is 0 Å². The Morgan fingerprint density at radius 2 is 1.97 bits per heavy atom. The lowest BCUT2D eigenvalue weighted by Crippen LogP contribution is -2.51. The summed E-state index contributed by atoms with van der Waals surface area (Å²) in [5.74, 6) is 0.970. The van der Waals surface area contributed by atoms with Crippen LogP contribution in [0.5, 0.6) is 5.75 Å². The molecule has 0 bridgehead atoms. The molecular weight excluding hydrogens is 461 g/mol. The zero-order valence-corrected chi connectivity index (χ0v) is 20.1. The second kappa shape index (κ2) is 9.91. The van der Waals surface area contributed by atoms with Gasteiger partial charge < -0.3 is 19.1 Å². The third kappa shape index (κ3) is 4.96. The molecule has 10 heteroatoms. The van der Waals surface area contributed by atoms with E-state index >= 15 is 0 Å². The molecule has 0 radical (unpaired) electrons. The second-order valence-corrected chi connectivity index (χ2v) is 9.55. The van der Waals surface area contributed by atoms with Gasteiger partial charge in [0, 0.05) is 50.0 Å². The fourth-order valence-electron chi connectivity index (χ4n) is 5.54. The Morgan fingerprint density at radius 1 is 1.11 bits per heavy atom. The van der Waals surface area contributed by atoms with Gasteiger partial charge >= 0.3 is 6.18 Å². The van der Waals surface area contributed by atoms with Crippen LogP contribution in [-0.4, -0.2) is 73.9 Å². The average Bonchev–Trinajstić information content (AvgIpc) is 3.52. The van der Waals surface area contributed by atoms with Crippen molar-refractivity contribution >= 4 is 5.82 Å². The third-order valence-corrected chi connectivity index (χ3v) is 7.25. The van der Waals surface area contributed by atoms with Crippen molar-refractivity contribution in [2.24, 2.45) is 0 Å². The Labute approximate surface area is 203 Å². The molecule has 35 heavy (non-hydrogen) atoms. The van der Waals surface area contributed by atoms with Crippen LogP contribution in [0.3, 0.4) is 0 Å². The van der Waals surface area contributed by atoms with E-state index in [0.717, 1.165) is 82.0 Å². The summed E-state index contributed by atoms with van der Waals surface area (Å²) < 4.78 is 56.3. The molecule has 0 amide bonds. The van der Waals surface area contributed by atoms with Gasteiger partial charge in [-0.3, -0.25) is 4.90 Å². The molecule has 2 atom stereocenters. The normalized spacial score (nSPS) is 23.1. The van der Waals surface area contributed by atoms with Crippen LogP contribution in [0.25, 0.3) is 11.3 Å². The number of nitrogens with zero attached hydrogens (tertiary/aromatic N) is 4. The molecule has 4 heterocycles. The van der Waals surface area contributed by atoms with Gasteiger partial charge in [-0.1, -0.05) is 0 Å². The molecule has 0 aliphatic carbocycles. The third-order valence-electron chi connectivity index (χ3n) is 7.25. The lowest BCUT2D eigenvalue weighted by molar-refractivity contribution is -0.137. The smallest absolute Gasteiger partial charge is 0.416 e. The number of hydrogen-bond acceptors (Lipinski definition) is 7. The molecule has 3 aliphatic rings. The monoisotopic (exact) mass is 492 g/mol. The lowest BCUT2D eigenvalue weighted by atomic mass is 9.99. The summed E-state index contributed by atoms with van der Waals surface area (Å²) >= 11 is 0. The fraction of sp³-hybridized carbons (Fsp3) is 0.600. The number of hydrogen-bond donors (Lipinski definition) is 0. The van der Waals surface area contributed by atoms with Crippen LogP contribution in [0.2, 0.25) is 0 Å². The van der Waals surface area contributed by atoms with Gasteiger partial charge in [-0.25, -0.2) is 0 Å². The Kier molecular flexibility index (Phi) is 6.87. The van der Waals surface area contributed by atoms with Gasteiger partial charge in [-0.2, -0.15) is 13.2 Å². The summed E-state index contributed by atoms with van der Waals surface area (Å²) in [6.45, 7) is 6.08. The van der Waals surface area contributed by atoms with Crippen molar-refractivity contribution in [3.63, 3.8) is 0 Å². The molecule has 0 saturated carbocycles. The van der Waals surface area contributed by atoms with Crippen LogP contribution < -0.4 is 9.64 Å². The highest BCUT2D eigenvalue weighted by molar-refractivity contribution is 5.73. The molecule has 3 aliphatic heterocycles. The second-order valence-electron chi connectivity index (χ2n) is 9.55. The molecule has 0 spiro atoms. The highest BCUT2D eigenvalue weighted by Gasteiger charge is 2.36. The first-order valence-corrected chi connectivity index (χ1v) is 12.1. The van der Waals surface area contributed by atoms with Gasteiger partial charge in [-0.15, -0.1) is 10.2 Å². The highest BCUT2D eigenvalue weighted by Crippen LogP contribution is 2.40. The number of likely N-dealkylation sites (tertiary alicyclic amines) is 1. The van der Waals surface area contributed by atoms with Crippen molar-refractivity contribution in [1.82, 2.24) is 15.1 Å². The number of methoxy groups -OCH3 is 1. The predicted molar refractivity (Wildman–Crippen MR) is 125 cm³/mol. The summed E-state index contributed by atoms with van der Waals surface area (Å²) in [6, 6.07) is 4.95. The molecule has 1 aromatic heterocycles. The predicted octanol–water partition coefficient (Wildman–Crippen LogP) is 4.07. The van der Waals surface area contributed by atoms with E-state index in [1.54, 1.807) is 6.92 Å². The summed E-state index contributed by atoms with van der Waals surface area (Å²) in [5.41, 5.74) is 1.75. The first-order chi connectivity index (χ1) is 16.8. The highest BCUT2D eigenvalue weighted by atomic mass is 19.4. The average molecular weight is 493 g/mol. The molecule has 0 N–H and O–H groups in total. The molecule has 190 valence electrons. The van der Waals surface area contributed by atoms with Gasteiger partial charge in [0.05, 0.1) is 17.9 Å². The zero-order valence-electron chi connectivity index (χ0n) is 20.1. The standard InChI is InChI=1S/C25H31F3N4O3/c1-16-10-18(25(26,27)28)12-22(35-15-33-2)23(16)21-11-17-5-8-32(24(17)30-29-21)19-4-3-7-31(13-19)20-6-9-34-14-20/h10-12,19-20H,3-9,13-15H2,1-2H3/t19-,20?/m1/s1. The van der Waals surface area contributed by atoms with Crippen LogP contribution in [0.1, 0.15) is 36.0 Å². The Bertz CT molecular complexity index is 1060. The summed E-state index contributed by atoms with van der Waals surface area (Å²) in [4.78, 5) is 4.90. The quantitative estimate of drug-likeness (QED) is 0.564. The number of halogens is 3. The van der Waals surface area contributed by atoms with Crippen LogP contribution in [0.15, 0.2) is 18.2 Å². The van der Waals surface area contributed by atoms with Crippen molar-refractivity contribution in [3.05, 3.63) is 34.9 Å². The Morgan fingerprint density at radius 3 is 2.71 bits per heavy atom. The van der Waals surface area contributed by atoms with Crippen molar-refractivity contribution in [2.45, 2.75) is 50.9 Å². The van der Waals surface area contributed by atoms with Crippen molar-refractivity contribution < 1.29 is 27.4 Å². The number of ether oxygens (including phenoxy) is 3. The van der Waals surface area contributed by atoms with Gasteiger partial charge in [0.15, 0.2) is 12.6 Å². The fourth-order valence-corrected chi connectivity index (χ4v) is 5.54. The maximum Gasteiger partial charge on any atom is 0.416 e. The van der Waals surface area contributed by atoms with Crippen LogP contribution in [0.4, 0.5) is 19.0 Å². The van der Waals surface area contributed by atoms with Crippen molar-refractivity contribution in [1.29, 1.82) is 0 Å². The number of benzene rings is 1.